The fourth-order valence-corrected chi connectivity index (χ4v) is 2.98. The Bertz CT molecular complexity index is 696. The van der Waals surface area contributed by atoms with Gasteiger partial charge in [-0.05, 0) is 26.3 Å². The van der Waals surface area contributed by atoms with E-state index in [1.807, 2.05) is 38.1 Å². The Morgan fingerprint density at radius 3 is 3.17 bits per heavy atom. The molecule has 0 radical (unpaired) electrons. The lowest BCUT2D eigenvalue weighted by atomic mass is 10.0. The van der Waals surface area contributed by atoms with Crippen LogP contribution in [0.5, 0.6) is 0 Å². The minimum absolute atomic E-state index is 0.0496. The van der Waals surface area contributed by atoms with E-state index in [-0.39, 0.29) is 18.1 Å². The van der Waals surface area contributed by atoms with Crippen LogP contribution < -0.4 is 5.32 Å². The van der Waals surface area contributed by atoms with Gasteiger partial charge in [0.15, 0.2) is 0 Å². The molecule has 2 aromatic rings. The summed E-state index contributed by atoms with van der Waals surface area (Å²) in [6, 6.07) is 7.94. The van der Waals surface area contributed by atoms with Crippen LogP contribution in [0.4, 0.5) is 0 Å². The largest absolute Gasteiger partial charge is 0.379 e. The third kappa shape index (κ3) is 3.66. The Hall–Kier alpha value is -2.18. The molecule has 1 aromatic heterocycles. The van der Waals surface area contributed by atoms with E-state index in [0.29, 0.717) is 25.4 Å². The van der Waals surface area contributed by atoms with Crippen molar-refractivity contribution in [3.63, 3.8) is 0 Å². The molecular weight excluding hydrogens is 306 g/mol. The van der Waals surface area contributed by atoms with E-state index in [4.69, 9.17) is 9.47 Å². The van der Waals surface area contributed by atoms with Gasteiger partial charge in [0.25, 0.3) is 5.91 Å². The monoisotopic (exact) mass is 329 g/mol. The smallest absolute Gasteiger partial charge is 0.255 e. The van der Waals surface area contributed by atoms with Gasteiger partial charge in [0.05, 0.1) is 30.1 Å². The molecule has 0 saturated carbocycles. The Kier molecular flexibility index (Phi) is 5.27. The Morgan fingerprint density at radius 2 is 2.38 bits per heavy atom. The first kappa shape index (κ1) is 16.7. The summed E-state index contributed by atoms with van der Waals surface area (Å²) in [5.41, 5.74) is 3.36. The number of aromatic amines is 1. The number of hydrogen-bond donors (Lipinski definition) is 2. The summed E-state index contributed by atoms with van der Waals surface area (Å²) in [7, 11) is 0. The van der Waals surface area contributed by atoms with Crippen molar-refractivity contribution in [3.05, 3.63) is 41.6 Å². The third-order valence-corrected chi connectivity index (χ3v) is 4.19. The number of rotatable bonds is 5. The van der Waals surface area contributed by atoms with Crippen molar-refractivity contribution >= 4 is 5.91 Å². The molecule has 2 heterocycles. The van der Waals surface area contributed by atoms with Crippen LogP contribution in [0.25, 0.3) is 11.3 Å². The highest BCUT2D eigenvalue weighted by atomic mass is 16.5. The van der Waals surface area contributed by atoms with Crippen LogP contribution in [-0.2, 0) is 9.47 Å². The molecule has 1 aromatic carbocycles. The summed E-state index contributed by atoms with van der Waals surface area (Å²) >= 11 is 0. The fraction of sp³-hybridized carbons (Fsp3) is 0.444. The first-order valence-electron chi connectivity index (χ1n) is 8.29. The molecule has 6 nitrogen and oxygen atoms in total. The molecule has 1 aliphatic rings. The standard InChI is InChI=1S/C18H23N3O3/c1-3-24-16-11-23-8-7-15(16)20-18(22)14-10-19-21-17(14)13-6-4-5-12(2)9-13/h4-6,9-10,15-16H,3,7-8,11H2,1-2H3,(H,19,21)(H,20,22)/t15-,16-/m1/s1. The number of H-pyrrole nitrogens is 1. The van der Waals surface area contributed by atoms with Crippen LogP contribution in [-0.4, -0.2) is 48.1 Å². The number of aryl methyl sites for hydroxylation is 1. The second-order valence-electron chi connectivity index (χ2n) is 5.97. The van der Waals surface area contributed by atoms with Crippen molar-refractivity contribution in [2.45, 2.75) is 32.4 Å². The van der Waals surface area contributed by atoms with Crippen LogP contribution in [0, 0.1) is 6.92 Å². The molecule has 2 N–H and O–H groups in total. The van der Waals surface area contributed by atoms with E-state index in [1.165, 1.54) is 0 Å². The van der Waals surface area contributed by atoms with Gasteiger partial charge in [0, 0.05) is 18.8 Å². The number of carbonyl (C=O) groups excluding carboxylic acids is 1. The zero-order valence-electron chi connectivity index (χ0n) is 14.0. The molecule has 6 heteroatoms. The van der Waals surface area contributed by atoms with Crippen molar-refractivity contribution < 1.29 is 14.3 Å². The van der Waals surface area contributed by atoms with Crippen molar-refractivity contribution in [1.82, 2.24) is 15.5 Å². The molecule has 0 spiro atoms. The van der Waals surface area contributed by atoms with Crippen LogP contribution >= 0.6 is 0 Å². The summed E-state index contributed by atoms with van der Waals surface area (Å²) in [6.45, 7) is 5.70. The van der Waals surface area contributed by atoms with Crippen molar-refractivity contribution in [3.8, 4) is 11.3 Å². The van der Waals surface area contributed by atoms with Crippen LogP contribution in [0.3, 0.4) is 0 Å². The molecule has 3 rings (SSSR count). The molecule has 2 atom stereocenters. The molecule has 128 valence electrons. The van der Waals surface area contributed by atoms with Crippen molar-refractivity contribution in [2.24, 2.45) is 0 Å². The van der Waals surface area contributed by atoms with E-state index < -0.39 is 0 Å². The minimum atomic E-state index is -0.142. The number of nitrogens with one attached hydrogen (secondary N) is 2. The second kappa shape index (κ2) is 7.59. The summed E-state index contributed by atoms with van der Waals surface area (Å²) in [6.07, 6.45) is 2.21. The quantitative estimate of drug-likeness (QED) is 0.882. The van der Waals surface area contributed by atoms with E-state index in [0.717, 1.165) is 23.2 Å². The molecule has 24 heavy (non-hydrogen) atoms. The van der Waals surface area contributed by atoms with Gasteiger partial charge in [-0.3, -0.25) is 9.89 Å². The molecule has 1 amide bonds. The minimum Gasteiger partial charge on any atom is -0.379 e. The Balaban J connectivity index is 1.77. The zero-order chi connectivity index (χ0) is 16.9. The van der Waals surface area contributed by atoms with Gasteiger partial charge in [0.1, 0.15) is 6.10 Å². The van der Waals surface area contributed by atoms with Gasteiger partial charge < -0.3 is 14.8 Å². The predicted octanol–water partition coefficient (Wildman–Crippen LogP) is 2.31. The average molecular weight is 329 g/mol. The number of hydrogen-bond acceptors (Lipinski definition) is 4. The molecule has 1 saturated heterocycles. The highest BCUT2D eigenvalue weighted by Crippen LogP contribution is 2.22. The fourth-order valence-electron chi connectivity index (χ4n) is 2.98. The predicted molar refractivity (Wildman–Crippen MR) is 90.9 cm³/mol. The normalized spacial score (nSPS) is 20.8. The number of nitrogens with zero attached hydrogens (tertiary/aromatic N) is 1. The van der Waals surface area contributed by atoms with Gasteiger partial charge in [-0.25, -0.2) is 0 Å². The van der Waals surface area contributed by atoms with Crippen LogP contribution in [0.2, 0.25) is 0 Å². The van der Waals surface area contributed by atoms with Gasteiger partial charge in [-0.1, -0.05) is 23.8 Å². The van der Waals surface area contributed by atoms with Gasteiger partial charge >= 0.3 is 0 Å². The van der Waals surface area contributed by atoms with Gasteiger partial charge in [-0.2, -0.15) is 5.10 Å². The lowest BCUT2D eigenvalue weighted by Crippen LogP contribution is -2.50. The maximum Gasteiger partial charge on any atom is 0.255 e. The SMILES string of the molecule is CCO[C@@H]1COCC[C@H]1NC(=O)c1cn[nH]c1-c1cccc(C)c1. The van der Waals surface area contributed by atoms with E-state index in [2.05, 4.69) is 15.5 Å². The van der Waals surface area contributed by atoms with E-state index in [9.17, 15) is 4.79 Å². The summed E-state index contributed by atoms with van der Waals surface area (Å²) in [4.78, 5) is 12.7. The Morgan fingerprint density at radius 1 is 1.50 bits per heavy atom. The van der Waals surface area contributed by atoms with Crippen LogP contribution in [0.15, 0.2) is 30.5 Å². The summed E-state index contributed by atoms with van der Waals surface area (Å²) in [5, 5.41) is 10.1. The molecule has 1 fully saturated rings. The van der Waals surface area contributed by atoms with Gasteiger partial charge in [0.2, 0.25) is 0 Å². The first-order chi connectivity index (χ1) is 11.7. The summed E-state index contributed by atoms with van der Waals surface area (Å²) < 4.78 is 11.1. The molecule has 0 unspecified atom stereocenters. The topological polar surface area (TPSA) is 76.2 Å². The number of amides is 1. The highest BCUT2D eigenvalue weighted by molar-refractivity contribution is 5.99. The highest BCUT2D eigenvalue weighted by Gasteiger charge is 2.29. The van der Waals surface area contributed by atoms with Crippen molar-refractivity contribution in [1.29, 1.82) is 0 Å². The van der Waals surface area contributed by atoms with E-state index in [1.54, 1.807) is 6.20 Å². The molecule has 1 aliphatic heterocycles. The molecule has 0 aliphatic carbocycles. The maximum atomic E-state index is 12.7. The number of aromatic nitrogens is 2. The molecular formula is C18H23N3O3. The van der Waals surface area contributed by atoms with Gasteiger partial charge in [-0.15, -0.1) is 0 Å². The Labute approximate surface area is 141 Å². The maximum absolute atomic E-state index is 12.7. The molecule has 0 bridgehead atoms. The van der Waals surface area contributed by atoms with Crippen LogP contribution in [0.1, 0.15) is 29.3 Å². The number of ether oxygens (including phenoxy) is 2. The number of benzene rings is 1. The third-order valence-electron chi connectivity index (χ3n) is 4.19. The first-order valence-corrected chi connectivity index (χ1v) is 8.29. The second-order valence-corrected chi connectivity index (χ2v) is 5.97. The summed E-state index contributed by atoms with van der Waals surface area (Å²) in [5.74, 6) is -0.142. The lowest BCUT2D eigenvalue weighted by molar-refractivity contribution is -0.0632. The average Bonchev–Trinajstić information content (AvgIpc) is 3.07. The van der Waals surface area contributed by atoms with E-state index >= 15 is 0 Å². The number of carbonyl (C=O) groups is 1. The van der Waals surface area contributed by atoms with Crippen molar-refractivity contribution in [2.75, 3.05) is 19.8 Å². The lowest BCUT2D eigenvalue weighted by Gasteiger charge is -2.31. The zero-order valence-corrected chi connectivity index (χ0v) is 14.0.